The molecule has 1 heterocycles. The average molecular weight is 260 g/mol. The van der Waals surface area contributed by atoms with Crippen molar-refractivity contribution in [2.24, 2.45) is 0 Å². The molecule has 0 unspecified atom stereocenters. The van der Waals surface area contributed by atoms with Gasteiger partial charge in [-0.2, -0.15) is 11.3 Å². The third-order valence-corrected chi connectivity index (χ3v) is 3.32. The SMILES string of the molecule is CN(C)C(=O)c1cccc(NCc2ccsc2)c1. The van der Waals surface area contributed by atoms with Crippen molar-refractivity contribution in [3.63, 3.8) is 0 Å². The normalized spacial score (nSPS) is 10.1. The van der Waals surface area contributed by atoms with E-state index in [2.05, 4.69) is 22.1 Å². The van der Waals surface area contributed by atoms with Crippen molar-refractivity contribution in [3.8, 4) is 0 Å². The molecular weight excluding hydrogens is 244 g/mol. The molecule has 0 aliphatic heterocycles. The number of nitrogens with zero attached hydrogens (tertiary/aromatic N) is 1. The van der Waals surface area contributed by atoms with Crippen LogP contribution in [0.2, 0.25) is 0 Å². The molecule has 0 saturated carbocycles. The summed E-state index contributed by atoms with van der Waals surface area (Å²) in [5.74, 6) is 0.0224. The van der Waals surface area contributed by atoms with Crippen molar-refractivity contribution in [1.82, 2.24) is 4.90 Å². The van der Waals surface area contributed by atoms with E-state index in [-0.39, 0.29) is 5.91 Å². The summed E-state index contributed by atoms with van der Waals surface area (Å²) in [6.45, 7) is 0.781. The molecule has 1 N–H and O–H groups in total. The molecule has 2 rings (SSSR count). The zero-order valence-corrected chi connectivity index (χ0v) is 11.3. The van der Waals surface area contributed by atoms with E-state index in [0.29, 0.717) is 5.56 Å². The number of anilines is 1. The molecule has 0 atom stereocenters. The lowest BCUT2D eigenvalue weighted by molar-refractivity contribution is 0.0827. The zero-order chi connectivity index (χ0) is 13.0. The Hall–Kier alpha value is -1.81. The van der Waals surface area contributed by atoms with Crippen molar-refractivity contribution in [2.75, 3.05) is 19.4 Å². The number of carbonyl (C=O) groups is 1. The van der Waals surface area contributed by atoms with Gasteiger partial charge in [0.05, 0.1) is 0 Å². The molecule has 4 heteroatoms. The van der Waals surface area contributed by atoms with Gasteiger partial charge < -0.3 is 10.2 Å². The molecule has 94 valence electrons. The first-order chi connectivity index (χ1) is 8.66. The third-order valence-electron chi connectivity index (χ3n) is 2.59. The van der Waals surface area contributed by atoms with Gasteiger partial charge in [-0.15, -0.1) is 0 Å². The number of rotatable bonds is 4. The summed E-state index contributed by atoms with van der Waals surface area (Å²) in [4.78, 5) is 13.4. The lowest BCUT2D eigenvalue weighted by Gasteiger charge is -2.11. The Morgan fingerprint density at radius 1 is 1.33 bits per heavy atom. The summed E-state index contributed by atoms with van der Waals surface area (Å²) < 4.78 is 0. The summed E-state index contributed by atoms with van der Waals surface area (Å²) in [6, 6.07) is 9.67. The number of carbonyl (C=O) groups excluding carboxylic acids is 1. The van der Waals surface area contributed by atoms with E-state index in [4.69, 9.17) is 0 Å². The van der Waals surface area contributed by atoms with Gasteiger partial charge in [-0.25, -0.2) is 0 Å². The molecule has 0 fully saturated rings. The first-order valence-electron chi connectivity index (χ1n) is 5.73. The Labute approximate surface area is 111 Å². The quantitative estimate of drug-likeness (QED) is 0.916. The minimum Gasteiger partial charge on any atom is -0.381 e. The number of amides is 1. The highest BCUT2D eigenvalue weighted by atomic mass is 32.1. The highest BCUT2D eigenvalue weighted by Crippen LogP contribution is 2.14. The van der Waals surface area contributed by atoms with Crippen LogP contribution >= 0.6 is 11.3 Å². The van der Waals surface area contributed by atoms with Gasteiger partial charge in [0.25, 0.3) is 5.91 Å². The van der Waals surface area contributed by atoms with Crippen LogP contribution in [-0.4, -0.2) is 24.9 Å². The number of benzene rings is 1. The molecule has 18 heavy (non-hydrogen) atoms. The van der Waals surface area contributed by atoms with E-state index in [9.17, 15) is 4.79 Å². The molecule has 2 aromatic rings. The van der Waals surface area contributed by atoms with E-state index >= 15 is 0 Å². The first kappa shape index (κ1) is 12.6. The minimum absolute atomic E-state index is 0.0224. The van der Waals surface area contributed by atoms with Crippen molar-refractivity contribution < 1.29 is 4.79 Å². The van der Waals surface area contributed by atoms with Crippen molar-refractivity contribution in [3.05, 3.63) is 52.2 Å². The molecule has 0 spiro atoms. The predicted molar refractivity (Wildman–Crippen MR) is 76.1 cm³/mol. The Bertz CT molecular complexity index is 520. The van der Waals surface area contributed by atoms with Crippen LogP contribution in [0.3, 0.4) is 0 Å². The van der Waals surface area contributed by atoms with Crippen molar-refractivity contribution in [2.45, 2.75) is 6.54 Å². The van der Waals surface area contributed by atoms with Gasteiger partial charge in [0, 0.05) is 31.9 Å². The fourth-order valence-corrected chi connectivity index (χ4v) is 2.29. The van der Waals surface area contributed by atoms with Gasteiger partial charge in [-0.1, -0.05) is 6.07 Å². The molecule has 1 aromatic carbocycles. The van der Waals surface area contributed by atoms with Gasteiger partial charge in [0.1, 0.15) is 0 Å². The van der Waals surface area contributed by atoms with E-state index in [1.165, 1.54) is 5.56 Å². The smallest absolute Gasteiger partial charge is 0.253 e. The van der Waals surface area contributed by atoms with Gasteiger partial charge in [-0.05, 0) is 40.6 Å². The van der Waals surface area contributed by atoms with E-state index < -0.39 is 0 Å². The molecule has 0 saturated heterocycles. The molecule has 1 aromatic heterocycles. The standard InChI is InChI=1S/C14H16N2OS/c1-16(2)14(17)12-4-3-5-13(8-12)15-9-11-6-7-18-10-11/h3-8,10,15H,9H2,1-2H3. The van der Waals surface area contributed by atoms with Crippen LogP contribution in [0.15, 0.2) is 41.1 Å². The lowest BCUT2D eigenvalue weighted by Crippen LogP contribution is -2.21. The summed E-state index contributed by atoms with van der Waals surface area (Å²) in [5.41, 5.74) is 2.92. The summed E-state index contributed by atoms with van der Waals surface area (Å²) in [5, 5.41) is 7.49. The van der Waals surface area contributed by atoms with Gasteiger partial charge in [0.2, 0.25) is 0 Å². The minimum atomic E-state index is 0.0224. The van der Waals surface area contributed by atoms with Crippen molar-refractivity contribution in [1.29, 1.82) is 0 Å². The van der Waals surface area contributed by atoms with Gasteiger partial charge in [-0.3, -0.25) is 4.79 Å². The highest BCUT2D eigenvalue weighted by molar-refractivity contribution is 7.07. The first-order valence-corrected chi connectivity index (χ1v) is 6.68. The highest BCUT2D eigenvalue weighted by Gasteiger charge is 2.07. The largest absolute Gasteiger partial charge is 0.381 e. The number of nitrogens with one attached hydrogen (secondary N) is 1. The molecule has 1 amide bonds. The Balaban J connectivity index is 2.05. The predicted octanol–water partition coefficient (Wildman–Crippen LogP) is 3.06. The van der Waals surface area contributed by atoms with Crippen LogP contribution < -0.4 is 5.32 Å². The number of hydrogen-bond donors (Lipinski definition) is 1. The molecular formula is C14H16N2OS. The maximum absolute atomic E-state index is 11.8. The molecule has 3 nitrogen and oxygen atoms in total. The fraction of sp³-hybridized carbons (Fsp3) is 0.214. The second-order valence-electron chi connectivity index (χ2n) is 4.27. The Kier molecular flexibility index (Phi) is 3.99. The Morgan fingerprint density at radius 3 is 2.83 bits per heavy atom. The average Bonchev–Trinajstić information content (AvgIpc) is 2.89. The lowest BCUT2D eigenvalue weighted by atomic mass is 10.2. The van der Waals surface area contributed by atoms with E-state index in [1.54, 1.807) is 30.3 Å². The summed E-state index contributed by atoms with van der Waals surface area (Å²) in [6.07, 6.45) is 0. The Morgan fingerprint density at radius 2 is 2.17 bits per heavy atom. The molecule has 0 radical (unpaired) electrons. The van der Waals surface area contributed by atoms with Crippen LogP contribution in [0.5, 0.6) is 0 Å². The van der Waals surface area contributed by atoms with E-state index in [1.807, 2.05) is 24.3 Å². The van der Waals surface area contributed by atoms with Crippen LogP contribution in [0.25, 0.3) is 0 Å². The summed E-state index contributed by atoms with van der Waals surface area (Å²) >= 11 is 1.69. The van der Waals surface area contributed by atoms with Crippen molar-refractivity contribution >= 4 is 22.9 Å². The monoisotopic (exact) mass is 260 g/mol. The fourth-order valence-electron chi connectivity index (χ4n) is 1.62. The van der Waals surface area contributed by atoms with Crippen LogP contribution in [0.4, 0.5) is 5.69 Å². The second kappa shape index (κ2) is 5.69. The topological polar surface area (TPSA) is 32.3 Å². The number of thiophene rings is 1. The van der Waals surface area contributed by atoms with Crippen LogP contribution in [0.1, 0.15) is 15.9 Å². The van der Waals surface area contributed by atoms with Gasteiger partial charge in [0.15, 0.2) is 0 Å². The molecule has 0 aliphatic carbocycles. The van der Waals surface area contributed by atoms with Crippen LogP contribution in [0, 0.1) is 0 Å². The molecule has 0 aliphatic rings. The van der Waals surface area contributed by atoms with E-state index in [0.717, 1.165) is 12.2 Å². The summed E-state index contributed by atoms with van der Waals surface area (Å²) in [7, 11) is 3.52. The zero-order valence-electron chi connectivity index (χ0n) is 10.5. The number of hydrogen-bond acceptors (Lipinski definition) is 3. The maximum Gasteiger partial charge on any atom is 0.253 e. The third kappa shape index (κ3) is 3.11. The molecule has 0 bridgehead atoms. The second-order valence-corrected chi connectivity index (χ2v) is 5.05. The van der Waals surface area contributed by atoms with Crippen LogP contribution in [-0.2, 0) is 6.54 Å². The van der Waals surface area contributed by atoms with Gasteiger partial charge >= 0.3 is 0 Å². The maximum atomic E-state index is 11.8.